The van der Waals surface area contributed by atoms with Gasteiger partial charge in [-0.25, -0.2) is 4.79 Å². The van der Waals surface area contributed by atoms with Crippen LogP contribution in [0.2, 0.25) is 0 Å². The second-order valence-electron chi connectivity index (χ2n) is 5.59. The molecule has 1 atom stereocenters. The second kappa shape index (κ2) is 7.15. The Bertz CT molecular complexity index is 546. The minimum absolute atomic E-state index is 0.107. The minimum Gasteiger partial charge on any atom is -0.480 e. The summed E-state index contributed by atoms with van der Waals surface area (Å²) in [6.07, 6.45) is 2.14. The van der Waals surface area contributed by atoms with Crippen molar-refractivity contribution in [2.24, 2.45) is 0 Å². The fourth-order valence-electron chi connectivity index (χ4n) is 2.68. The fraction of sp³-hybridized carbons (Fsp3) is 0.500. The monoisotopic (exact) mass is 323 g/mol. The molecule has 0 radical (unpaired) electrons. The van der Waals surface area contributed by atoms with Gasteiger partial charge in [0.25, 0.3) is 5.91 Å². The lowest BCUT2D eigenvalue weighted by molar-refractivity contribution is -0.150. The Morgan fingerprint density at radius 1 is 1.27 bits per heavy atom. The van der Waals surface area contributed by atoms with Gasteiger partial charge in [-0.05, 0) is 50.5 Å². The molecule has 120 valence electrons. The zero-order valence-electron chi connectivity index (χ0n) is 12.6. The van der Waals surface area contributed by atoms with Gasteiger partial charge in [-0.2, -0.15) is 0 Å². The van der Waals surface area contributed by atoms with Gasteiger partial charge in [0, 0.05) is 22.8 Å². The first kappa shape index (κ1) is 16.8. The van der Waals surface area contributed by atoms with E-state index in [1.165, 1.54) is 16.7 Å². The normalized spacial score (nSPS) is 21.6. The molecule has 2 rings (SSSR count). The summed E-state index contributed by atoms with van der Waals surface area (Å²) in [4.78, 5) is 26.7. The van der Waals surface area contributed by atoms with Crippen molar-refractivity contribution < 1.29 is 19.8 Å². The van der Waals surface area contributed by atoms with Gasteiger partial charge in [0.15, 0.2) is 0 Å². The molecule has 22 heavy (non-hydrogen) atoms. The molecule has 6 heteroatoms. The molecule has 1 fully saturated rings. The molecule has 0 spiro atoms. The lowest BCUT2D eigenvalue weighted by Crippen LogP contribution is -2.57. The SMILES string of the molecule is C[C@]1(C(=O)O)CCCCN1C(=O)c1ccc(SCCO)cc1. The Morgan fingerprint density at radius 3 is 2.55 bits per heavy atom. The Balaban J connectivity index is 2.17. The molecule has 0 bridgehead atoms. The van der Waals surface area contributed by atoms with Crippen LogP contribution in [0.4, 0.5) is 0 Å². The molecule has 5 nitrogen and oxygen atoms in total. The maximum absolute atomic E-state index is 12.7. The first-order valence-corrected chi connectivity index (χ1v) is 8.36. The number of amides is 1. The van der Waals surface area contributed by atoms with E-state index in [1.54, 1.807) is 19.1 Å². The molecule has 0 aromatic heterocycles. The maximum atomic E-state index is 12.7. The van der Waals surface area contributed by atoms with E-state index in [0.717, 1.165) is 17.7 Å². The summed E-state index contributed by atoms with van der Waals surface area (Å²) in [5, 5.41) is 18.3. The van der Waals surface area contributed by atoms with Crippen molar-refractivity contribution in [3.05, 3.63) is 29.8 Å². The lowest BCUT2D eigenvalue weighted by Gasteiger charge is -2.41. The van der Waals surface area contributed by atoms with Crippen molar-refractivity contribution in [3.63, 3.8) is 0 Å². The molecular weight excluding hydrogens is 302 g/mol. The third-order valence-electron chi connectivity index (χ3n) is 4.06. The second-order valence-corrected chi connectivity index (χ2v) is 6.76. The van der Waals surface area contributed by atoms with Gasteiger partial charge < -0.3 is 15.1 Å². The molecule has 1 aromatic rings. The van der Waals surface area contributed by atoms with Crippen LogP contribution in [0.25, 0.3) is 0 Å². The predicted octanol–water partition coefficient (Wildman–Crippen LogP) is 2.24. The number of rotatable bonds is 5. The Kier molecular flexibility index (Phi) is 5.47. The van der Waals surface area contributed by atoms with Crippen LogP contribution in [0.1, 0.15) is 36.5 Å². The van der Waals surface area contributed by atoms with Crippen molar-refractivity contribution in [3.8, 4) is 0 Å². The number of nitrogens with zero attached hydrogens (tertiary/aromatic N) is 1. The van der Waals surface area contributed by atoms with E-state index < -0.39 is 11.5 Å². The van der Waals surface area contributed by atoms with E-state index in [0.29, 0.717) is 24.3 Å². The standard InChI is InChI=1S/C16H21NO4S/c1-16(15(20)21)8-2-3-9-17(16)14(19)12-4-6-13(7-5-12)22-11-10-18/h4-7,18H,2-3,8-11H2,1H3,(H,20,21)/t16-/m1/s1. The van der Waals surface area contributed by atoms with Crippen molar-refractivity contribution in [1.82, 2.24) is 4.90 Å². The number of thioether (sulfide) groups is 1. The number of likely N-dealkylation sites (tertiary alicyclic amines) is 1. The van der Waals surface area contributed by atoms with E-state index in [2.05, 4.69) is 0 Å². The smallest absolute Gasteiger partial charge is 0.329 e. The number of hydrogen-bond donors (Lipinski definition) is 2. The molecule has 2 N–H and O–H groups in total. The molecule has 0 unspecified atom stereocenters. The Hall–Kier alpha value is -1.53. The topological polar surface area (TPSA) is 77.8 Å². The molecule has 1 amide bonds. The van der Waals surface area contributed by atoms with E-state index in [4.69, 9.17) is 5.11 Å². The highest BCUT2D eigenvalue weighted by Gasteiger charge is 2.44. The number of aliphatic hydroxyl groups is 1. The Labute approximate surface area is 134 Å². The highest BCUT2D eigenvalue weighted by atomic mass is 32.2. The number of carbonyl (C=O) groups excluding carboxylic acids is 1. The lowest BCUT2D eigenvalue weighted by atomic mass is 9.88. The summed E-state index contributed by atoms with van der Waals surface area (Å²) < 4.78 is 0. The van der Waals surface area contributed by atoms with Gasteiger partial charge in [-0.1, -0.05) is 0 Å². The third kappa shape index (κ3) is 3.44. The van der Waals surface area contributed by atoms with Crippen LogP contribution in [0, 0.1) is 0 Å². The van der Waals surface area contributed by atoms with Gasteiger partial charge in [-0.15, -0.1) is 11.8 Å². The van der Waals surface area contributed by atoms with Crippen LogP contribution in [-0.2, 0) is 4.79 Å². The van der Waals surface area contributed by atoms with Crippen molar-refractivity contribution in [1.29, 1.82) is 0 Å². The summed E-state index contributed by atoms with van der Waals surface area (Å²) in [5.41, 5.74) is -0.623. The highest BCUT2D eigenvalue weighted by Crippen LogP contribution is 2.30. The number of piperidine rings is 1. The Morgan fingerprint density at radius 2 is 1.95 bits per heavy atom. The van der Waals surface area contributed by atoms with Gasteiger partial charge in [-0.3, -0.25) is 4.79 Å². The highest BCUT2D eigenvalue weighted by molar-refractivity contribution is 7.99. The summed E-state index contributed by atoms with van der Waals surface area (Å²) in [7, 11) is 0. The molecule has 1 heterocycles. The van der Waals surface area contributed by atoms with Gasteiger partial charge in [0.2, 0.25) is 0 Å². The first-order valence-electron chi connectivity index (χ1n) is 7.38. The molecule has 1 aromatic carbocycles. The van der Waals surface area contributed by atoms with Gasteiger partial charge in [0.1, 0.15) is 5.54 Å². The summed E-state index contributed by atoms with van der Waals surface area (Å²) in [5.74, 6) is -0.574. The molecular formula is C16H21NO4S. The molecule has 0 aliphatic carbocycles. The van der Waals surface area contributed by atoms with Gasteiger partial charge in [0.05, 0.1) is 6.61 Å². The average molecular weight is 323 g/mol. The van der Waals surface area contributed by atoms with Crippen LogP contribution in [0.3, 0.4) is 0 Å². The number of carbonyl (C=O) groups is 2. The number of carboxylic acid groups (broad SMARTS) is 1. The molecule has 1 aliphatic heterocycles. The van der Waals surface area contributed by atoms with Crippen LogP contribution >= 0.6 is 11.8 Å². The van der Waals surface area contributed by atoms with Crippen molar-refractivity contribution in [2.45, 2.75) is 36.6 Å². The maximum Gasteiger partial charge on any atom is 0.329 e. The zero-order chi connectivity index (χ0) is 16.2. The third-order valence-corrected chi connectivity index (χ3v) is 5.05. The average Bonchev–Trinajstić information content (AvgIpc) is 2.53. The number of aliphatic carboxylic acids is 1. The molecule has 0 saturated carbocycles. The summed E-state index contributed by atoms with van der Waals surface area (Å²) in [6.45, 7) is 2.20. The van der Waals surface area contributed by atoms with E-state index in [1.807, 2.05) is 12.1 Å². The minimum atomic E-state index is -1.13. The fourth-order valence-corrected chi connectivity index (χ4v) is 3.34. The number of benzene rings is 1. The van der Waals surface area contributed by atoms with Gasteiger partial charge >= 0.3 is 5.97 Å². The molecule has 1 saturated heterocycles. The molecule has 1 aliphatic rings. The first-order chi connectivity index (χ1) is 10.5. The van der Waals surface area contributed by atoms with Crippen molar-refractivity contribution in [2.75, 3.05) is 18.9 Å². The van der Waals surface area contributed by atoms with E-state index in [-0.39, 0.29) is 12.5 Å². The zero-order valence-corrected chi connectivity index (χ0v) is 13.4. The van der Waals surface area contributed by atoms with Crippen LogP contribution < -0.4 is 0 Å². The quantitative estimate of drug-likeness (QED) is 0.813. The summed E-state index contributed by atoms with van der Waals surface area (Å²) in [6, 6.07) is 7.10. The number of hydrogen-bond acceptors (Lipinski definition) is 4. The van der Waals surface area contributed by atoms with Crippen LogP contribution in [0.15, 0.2) is 29.2 Å². The van der Waals surface area contributed by atoms with Crippen LogP contribution in [0.5, 0.6) is 0 Å². The number of aliphatic hydroxyl groups excluding tert-OH is 1. The number of carboxylic acids is 1. The van der Waals surface area contributed by atoms with E-state index >= 15 is 0 Å². The van der Waals surface area contributed by atoms with Crippen LogP contribution in [-0.4, -0.2) is 51.4 Å². The summed E-state index contributed by atoms with van der Waals surface area (Å²) >= 11 is 1.51. The van der Waals surface area contributed by atoms with E-state index in [9.17, 15) is 14.7 Å². The van der Waals surface area contributed by atoms with Crippen molar-refractivity contribution >= 4 is 23.6 Å². The largest absolute Gasteiger partial charge is 0.480 e. The predicted molar refractivity (Wildman–Crippen MR) is 85.2 cm³/mol.